The normalized spacial score (nSPS) is 29.6. The third-order valence-electron chi connectivity index (χ3n) is 4.03. The van der Waals surface area contributed by atoms with Gasteiger partial charge < -0.3 is 0 Å². The molecule has 3 fully saturated rings. The van der Waals surface area contributed by atoms with Crippen LogP contribution in [0.2, 0.25) is 0 Å². The summed E-state index contributed by atoms with van der Waals surface area (Å²) < 4.78 is 0. The van der Waals surface area contributed by atoms with Crippen molar-refractivity contribution in [1.82, 2.24) is 4.90 Å². The molecular weight excluding hydrogens is 238 g/mol. The van der Waals surface area contributed by atoms with Crippen molar-refractivity contribution < 1.29 is 0 Å². The molecule has 0 aromatic rings. The van der Waals surface area contributed by atoms with Gasteiger partial charge in [-0.1, -0.05) is 15.9 Å². The summed E-state index contributed by atoms with van der Waals surface area (Å²) in [5.74, 6) is 1.07. The molecule has 0 aromatic heterocycles. The van der Waals surface area contributed by atoms with E-state index in [1.54, 1.807) is 0 Å². The molecule has 80 valence electrons. The van der Waals surface area contributed by atoms with Gasteiger partial charge in [0.1, 0.15) is 0 Å². The largest absolute Gasteiger partial charge is 0.300 e. The fraction of sp³-hybridized carbons (Fsp3) is 1.00. The molecule has 1 nitrogen and oxygen atoms in total. The SMILES string of the molecule is BrCC1(CN(CC2CC2)C2CC2)CC1. The van der Waals surface area contributed by atoms with Crippen LogP contribution in [0.5, 0.6) is 0 Å². The summed E-state index contributed by atoms with van der Waals surface area (Å²) in [7, 11) is 0. The lowest BCUT2D eigenvalue weighted by Crippen LogP contribution is -2.34. The predicted molar refractivity (Wildman–Crippen MR) is 62.8 cm³/mol. The first-order valence-electron chi connectivity index (χ1n) is 6.11. The molecule has 3 aliphatic carbocycles. The van der Waals surface area contributed by atoms with Crippen molar-refractivity contribution in [2.45, 2.75) is 44.6 Å². The van der Waals surface area contributed by atoms with Crippen molar-refractivity contribution in [3.8, 4) is 0 Å². The molecule has 0 N–H and O–H groups in total. The second-order valence-corrected chi connectivity index (χ2v) is 6.30. The van der Waals surface area contributed by atoms with E-state index in [0.29, 0.717) is 5.41 Å². The van der Waals surface area contributed by atoms with Crippen molar-refractivity contribution >= 4 is 15.9 Å². The van der Waals surface area contributed by atoms with E-state index >= 15 is 0 Å². The minimum Gasteiger partial charge on any atom is -0.300 e. The van der Waals surface area contributed by atoms with Gasteiger partial charge >= 0.3 is 0 Å². The van der Waals surface area contributed by atoms with Crippen LogP contribution in [0.1, 0.15) is 38.5 Å². The Hall–Kier alpha value is 0.440. The van der Waals surface area contributed by atoms with Crippen LogP contribution < -0.4 is 0 Å². The molecule has 0 unspecified atom stereocenters. The van der Waals surface area contributed by atoms with Crippen LogP contribution in [0.3, 0.4) is 0 Å². The lowest BCUT2D eigenvalue weighted by atomic mass is 10.1. The van der Waals surface area contributed by atoms with Crippen molar-refractivity contribution in [3.63, 3.8) is 0 Å². The molecule has 0 aromatic carbocycles. The van der Waals surface area contributed by atoms with Gasteiger partial charge in [0.15, 0.2) is 0 Å². The minimum atomic E-state index is 0.692. The van der Waals surface area contributed by atoms with Crippen LogP contribution in [0.25, 0.3) is 0 Å². The summed E-state index contributed by atoms with van der Waals surface area (Å²) in [6, 6.07) is 0.979. The highest BCUT2D eigenvalue weighted by molar-refractivity contribution is 9.09. The van der Waals surface area contributed by atoms with E-state index < -0.39 is 0 Å². The molecule has 0 bridgehead atoms. The molecule has 14 heavy (non-hydrogen) atoms. The van der Waals surface area contributed by atoms with Gasteiger partial charge in [0.2, 0.25) is 0 Å². The van der Waals surface area contributed by atoms with Gasteiger partial charge in [0.25, 0.3) is 0 Å². The fourth-order valence-electron chi connectivity index (χ4n) is 2.36. The molecule has 3 aliphatic rings. The zero-order chi connectivity index (χ0) is 9.60. The van der Waals surface area contributed by atoms with Gasteiger partial charge in [-0.15, -0.1) is 0 Å². The molecule has 0 atom stereocenters. The van der Waals surface area contributed by atoms with Gasteiger partial charge in [-0.3, -0.25) is 4.90 Å². The molecule has 0 heterocycles. The minimum absolute atomic E-state index is 0.692. The topological polar surface area (TPSA) is 3.24 Å². The van der Waals surface area contributed by atoms with Gasteiger partial charge in [-0.25, -0.2) is 0 Å². The zero-order valence-electron chi connectivity index (χ0n) is 8.84. The maximum absolute atomic E-state index is 3.69. The Kier molecular flexibility index (Phi) is 2.40. The lowest BCUT2D eigenvalue weighted by Gasteiger charge is -2.26. The third-order valence-corrected chi connectivity index (χ3v) is 5.22. The predicted octanol–water partition coefficient (Wildman–Crippen LogP) is 3.04. The Labute approximate surface area is 95.4 Å². The second kappa shape index (κ2) is 3.48. The average Bonchev–Trinajstić information content (AvgIpc) is 2.99. The van der Waals surface area contributed by atoms with Crippen LogP contribution in [0, 0.1) is 11.3 Å². The maximum atomic E-state index is 3.69. The van der Waals surface area contributed by atoms with Crippen LogP contribution >= 0.6 is 15.9 Å². The summed E-state index contributed by atoms with van der Waals surface area (Å²) in [6.45, 7) is 2.80. The first-order valence-corrected chi connectivity index (χ1v) is 7.23. The van der Waals surface area contributed by atoms with E-state index in [4.69, 9.17) is 0 Å². The summed E-state index contributed by atoms with van der Waals surface area (Å²) in [5.41, 5.74) is 0.692. The van der Waals surface area contributed by atoms with Crippen LogP contribution in [-0.2, 0) is 0 Å². The zero-order valence-corrected chi connectivity index (χ0v) is 10.4. The molecule has 0 amide bonds. The Balaban J connectivity index is 1.55. The molecule has 0 aliphatic heterocycles. The highest BCUT2D eigenvalue weighted by Crippen LogP contribution is 2.49. The number of halogens is 1. The summed E-state index contributed by atoms with van der Waals surface area (Å²) in [5, 5.41) is 1.23. The molecule has 2 heteroatoms. The fourth-order valence-corrected chi connectivity index (χ4v) is 3.09. The van der Waals surface area contributed by atoms with Gasteiger partial charge in [0, 0.05) is 24.5 Å². The molecule has 0 radical (unpaired) electrons. The summed E-state index contributed by atoms with van der Waals surface area (Å²) >= 11 is 3.69. The monoisotopic (exact) mass is 257 g/mol. The lowest BCUT2D eigenvalue weighted by molar-refractivity contribution is 0.212. The first kappa shape index (κ1) is 9.65. The Morgan fingerprint density at radius 2 is 1.86 bits per heavy atom. The van der Waals surface area contributed by atoms with Crippen molar-refractivity contribution in [2.24, 2.45) is 11.3 Å². The van der Waals surface area contributed by atoms with E-state index in [2.05, 4.69) is 20.8 Å². The molecule has 3 rings (SSSR count). The maximum Gasteiger partial charge on any atom is 0.0100 e. The highest BCUT2D eigenvalue weighted by atomic mass is 79.9. The molecule has 0 spiro atoms. The van der Waals surface area contributed by atoms with Crippen LogP contribution in [0.4, 0.5) is 0 Å². The van der Waals surface area contributed by atoms with Crippen molar-refractivity contribution in [1.29, 1.82) is 0 Å². The van der Waals surface area contributed by atoms with Gasteiger partial charge in [-0.2, -0.15) is 0 Å². The molecule has 3 saturated carbocycles. The van der Waals surface area contributed by atoms with Crippen LogP contribution in [0.15, 0.2) is 0 Å². The first-order chi connectivity index (χ1) is 6.81. The van der Waals surface area contributed by atoms with Crippen LogP contribution in [-0.4, -0.2) is 29.4 Å². The number of rotatable bonds is 6. The quantitative estimate of drug-likeness (QED) is 0.662. The number of alkyl halides is 1. The van der Waals surface area contributed by atoms with E-state index in [0.717, 1.165) is 12.0 Å². The third kappa shape index (κ3) is 2.16. The smallest absolute Gasteiger partial charge is 0.0100 e. The second-order valence-electron chi connectivity index (χ2n) is 5.74. The Morgan fingerprint density at radius 3 is 2.29 bits per heavy atom. The standard InChI is InChI=1S/C12H20BrN/c13-8-12(5-6-12)9-14(11-3-4-11)7-10-1-2-10/h10-11H,1-9H2. The Morgan fingerprint density at radius 1 is 1.14 bits per heavy atom. The number of hydrogen-bond acceptors (Lipinski definition) is 1. The number of nitrogens with zero attached hydrogens (tertiary/aromatic N) is 1. The van der Waals surface area contributed by atoms with E-state index in [1.807, 2.05) is 0 Å². The van der Waals surface area contributed by atoms with E-state index in [9.17, 15) is 0 Å². The summed E-state index contributed by atoms with van der Waals surface area (Å²) in [6.07, 6.45) is 8.89. The summed E-state index contributed by atoms with van der Waals surface area (Å²) in [4.78, 5) is 2.81. The van der Waals surface area contributed by atoms with E-state index in [1.165, 1.54) is 56.9 Å². The molecule has 0 saturated heterocycles. The highest BCUT2D eigenvalue weighted by Gasteiger charge is 2.45. The van der Waals surface area contributed by atoms with Gasteiger partial charge in [0.05, 0.1) is 0 Å². The van der Waals surface area contributed by atoms with Gasteiger partial charge in [-0.05, 0) is 49.9 Å². The molecular formula is C12H20BrN. The van der Waals surface area contributed by atoms with Crippen molar-refractivity contribution in [2.75, 3.05) is 18.4 Å². The van der Waals surface area contributed by atoms with Crippen molar-refractivity contribution in [3.05, 3.63) is 0 Å². The Bertz CT molecular complexity index is 216. The number of hydrogen-bond donors (Lipinski definition) is 0. The average molecular weight is 258 g/mol. The van der Waals surface area contributed by atoms with E-state index in [-0.39, 0.29) is 0 Å².